The van der Waals surface area contributed by atoms with Crippen LogP contribution in [0.2, 0.25) is 0 Å². The van der Waals surface area contributed by atoms with Gasteiger partial charge < -0.3 is 4.79 Å². The quantitative estimate of drug-likeness (QED) is 0.642. The van der Waals surface area contributed by atoms with Gasteiger partial charge in [-0.2, -0.15) is 0 Å². The van der Waals surface area contributed by atoms with Gasteiger partial charge >= 0.3 is 0 Å². The molecule has 0 aromatic carbocycles. The van der Waals surface area contributed by atoms with E-state index in [4.69, 9.17) is 0 Å². The van der Waals surface area contributed by atoms with Crippen molar-refractivity contribution in [3.05, 3.63) is 0 Å². The lowest BCUT2D eigenvalue weighted by Crippen LogP contribution is -2.38. The summed E-state index contributed by atoms with van der Waals surface area (Å²) in [6.45, 7) is 13.9. The molecule has 0 radical (unpaired) electrons. The van der Waals surface area contributed by atoms with Crippen molar-refractivity contribution in [2.45, 2.75) is 60.8 Å². The summed E-state index contributed by atoms with van der Waals surface area (Å²) in [7, 11) is 0. The molecular weight excluding hydrogens is 220 g/mol. The SMILES string of the molecule is CC(C)CC(C(C)C=O)C1C(C)CC(C)C[C@H]1C. The molecule has 0 bridgehead atoms. The van der Waals surface area contributed by atoms with Crippen molar-refractivity contribution in [3.8, 4) is 0 Å². The predicted molar refractivity (Wildman–Crippen MR) is 78.4 cm³/mol. The second-order valence-corrected chi connectivity index (χ2v) is 7.40. The molecule has 0 amide bonds. The van der Waals surface area contributed by atoms with Gasteiger partial charge in [-0.25, -0.2) is 0 Å². The molecule has 6 atom stereocenters. The molecule has 18 heavy (non-hydrogen) atoms. The van der Waals surface area contributed by atoms with E-state index in [0.29, 0.717) is 11.8 Å². The van der Waals surface area contributed by atoms with E-state index in [0.717, 1.165) is 23.7 Å². The van der Waals surface area contributed by atoms with Crippen molar-refractivity contribution in [3.63, 3.8) is 0 Å². The Morgan fingerprint density at radius 3 is 1.94 bits per heavy atom. The van der Waals surface area contributed by atoms with E-state index in [1.807, 2.05) is 0 Å². The molecule has 1 heteroatoms. The van der Waals surface area contributed by atoms with E-state index in [9.17, 15) is 4.79 Å². The lowest BCUT2D eigenvalue weighted by molar-refractivity contribution is -0.114. The zero-order valence-corrected chi connectivity index (χ0v) is 13.1. The van der Waals surface area contributed by atoms with Gasteiger partial charge in [0.1, 0.15) is 6.29 Å². The predicted octanol–water partition coefficient (Wildman–Crippen LogP) is 4.80. The fraction of sp³-hybridized carbons (Fsp3) is 0.941. The maximum Gasteiger partial charge on any atom is 0.123 e. The molecule has 0 spiro atoms. The molecule has 0 heterocycles. The van der Waals surface area contributed by atoms with E-state index in [1.54, 1.807) is 0 Å². The summed E-state index contributed by atoms with van der Waals surface area (Å²) < 4.78 is 0. The zero-order valence-electron chi connectivity index (χ0n) is 13.1. The van der Waals surface area contributed by atoms with Crippen molar-refractivity contribution in [1.82, 2.24) is 0 Å². The minimum Gasteiger partial charge on any atom is -0.303 e. The first-order valence-electron chi connectivity index (χ1n) is 7.82. The average molecular weight is 252 g/mol. The van der Waals surface area contributed by atoms with Crippen LogP contribution in [0.25, 0.3) is 0 Å². The van der Waals surface area contributed by atoms with Crippen LogP contribution < -0.4 is 0 Å². The van der Waals surface area contributed by atoms with Gasteiger partial charge in [-0.3, -0.25) is 0 Å². The van der Waals surface area contributed by atoms with Crippen molar-refractivity contribution >= 4 is 6.29 Å². The lowest BCUT2D eigenvalue weighted by Gasteiger charge is -2.44. The highest BCUT2D eigenvalue weighted by Gasteiger charge is 2.38. The van der Waals surface area contributed by atoms with Gasteiger partial charge in [-0.05, 0) is 54.8 Å². The number of rotatable bonds is 5. The Labute approximate surface area is 114 Å². The summed E-state index contributed by atoms with van der Waals surface area (Å²) >= 11 is 0. The molecule has 1 fully saturated rings. The molecule has 1 rings (SSSR count). The normalized spacial score (nSPS) is 36.4. The molecule has 0 saturated heterocycles. The van der Waals surface area contributed by atoms with Crippen LogP contribution in [0.5, 0.6) is 0 Å². The first kappa shape index (κ1) is 15.7. The standard InChI is InChI=1S/C17H32O/c1-11(2)7-16(15(6)10-18)17-13(4)8-12(3)9-14(17)5/h10-17H,7-9H2,1-6H3/t12?,13-,14?,15?,16?,17?/m1/s1. The Bertz CT molecular complexity index is 246. The topological polar surface area (TPSA) is 17.1 Å². The monoisotopic (exact) mass is 252 g/mol. The Kier molecular flexibility index (Phi) is 5.88. The summed E-state index contributed by atoms with van der Waals surface area (Å²) in [6.07, 6.45) is 5.07. The minimum absolute atomic E-state index is 0.218. The second kappa shape index (κ2) is 6.73. The van der Waals surface area contributed by atoms with Crippen LogP contribution in [-0.4, -0.2) is 6.29 Å². The molecule has 5 unspecified atom stereocenters. The molecule has 1 aliphatic rings. The van der Waals surface area contributed by atoms with Gasteiger partial charge in [0, 0.05) is 5.92 Å². The van der Waals surface area contributed by atoms with Crippen LogP contribution >= 0.6 is 0 Å². The second-order valence-electron chi connectivity index (χ2n) is 7.40. The number of hydrogen-bond donors (Lipinski definition) is 0. The molecule has 0 aromatic heterocycles. The Balaban J connectivity index is 2.85. The molecule has 1 saturated carbocycles. The molecule has 0 aromatic rings. The van der Waals surface area contributed by atoms with E-state index >= 15 is 0 Å². The van der Waals surface area contributed by atoms with Gasteiger partial charge in [-0.1, -0.05) is 41.5 Å². The van der Waals surface area contributed by atoms with Gasteiger partial charge in [0.15, 0.2) is 0 Å². The van der Waals surface area contributed by atoms with Crippen molar-refractivity contribution < 1.29 is 4.79 Å². The smallest absolute Gasteiger partial charge is 0.123 e. The molecule has 0 N–H and O–H groups in total. The van der Waals surface area contributed by atoms with Gasteiger partial charge in [0.05, 0.1) is 0 Å². The van der Waals surface area contributed by atoms with Crippen LogP contribution in [0.3, 0.4) is 0 Å². The van der Waals surface area contributed by atoms with Crippen LogP contribution in [-0.2, 0) is 4.79 Å². The molecular formula is C17H32O. The maximum atomic E-state index is 11.2. The van der Waals surface area contributed by atoms with Crippen molar-refractivity contribution in [2.24, 2.45) is 41.4 Å². The van der Waals surface area contributed by atoms with Crippen molar-refractivity contribution in [2.75, 3.05) is 0 Å². The highest BCUT2D eigenvalue weighted by atomic mass is 16.1. The molecule has 1 nitrogen and oxygen atoms in total. The highest BCUT2D eigenvalue weighted by molar-refractivity contribution is 5.53. The molecule has 0 aliphatic heterocycles. The summed E-state index contributed by atoms with van der Waals surface area (Å²) in [5.41, 5.74) is 0. The zero-order chi connectivity index (χ0) is 13.9. The van der Waals surface area contributed by atoms with Gasteiger partial charge in [0.25, 0.3) is 0 Å². The fourth-order valence-electron chi connectivity index (χ4n) is 4.45. The average Bonchev–Trinajstić information content (AvgIpc) is 2.24. The third-order valence-corrected chi connectivity index (χ3v) is 4.99. The van der Waals surface area contributed by atoms with Gasteiger partial charge in [0.2, 0.25) is 0 Å². The van der Waals surface area contributed by atoms with Crippen LogP contribution in [0.4, 0.5) is 0 Å². The number of aldehydes is 1. The first-order chi connectivity index (χ1) is 8.36. The van der Waals surface area contributed by atoms with Crippen LogP contribution in [0.15, 0.2) is 0 Å². The summed E-state index contributed by atoms with van der Waals surface area (Å²) in [5, 5.41) is 0. The Hall–Kier alpha value is -0.330. The minimum atomic E-state index is 0.218. The number of hydrogen-bond acceptors (Lipinski definition) is 1. The third kappa shape index (κ3) is 3.83. The molecule has 106 valence electrons. The first-order valence-corrected chi connectivity index (χ1v) is 7.82. The van der Waals surface area contributed by atoms with Crippen LogP contribution in [0.1, 0.15) is 60.8 Å². The number of carbonyl (C=O) groups excluding carboxylic acids is 1. The Morgan fingerprint density at radius 1 is 1.06 bits per heavy atom. The molecule has 1 aliphatic carbocycles. The lowest BCUT2D eigenvalue weighted by atomic mass is 9.61. The third-order valence-electron chi connectivity index (χ3n) is 4.99. The van der Waals surface area contributed by atoms with Crippen molar-refractivity contribution in [1.29, 1.82) is 0 Å². The largest absolute Gasteiger partial charge is 0.303 e. The van der Waals surface area contributed by atoms with E-state index in [2.05, 4.69) is 41.5 Å². The van der Waals surface area contributed by atoms with E-state index in [1.165, 1.54) is 25.5 Å². The van der Waals surface area contributed by atoms with Crippen LogP contribution in [0, 0.1) is 41.4 Å². The highest BCUT2D eigenvalue weighted by Crippen LogP contribution is 2.45. The van der Waals surface area contributed by atoms with E-state index in [-0.39, 0.29) is 5.92 Å². The fourth-order valence-corrected chi connectivity index (χ4v) is 4.45. The summed E-state index contributed by atoms with van der Waals surface area (Å²) in [5.74, 6) is 4.64. The van der Waals surface area contributed by atoms with Gasteiger partial charge in [-0.15, -0.1) is 0 Å². The van der Waals surface area contributed by atoms with E-state index < -0.39 is 0 Å². The summed E-state index contributed by atoms with van der Waals surface area (Å²) in [6, 6.07) is 0. The maximum absolute atomic E-state index is 11.2. The Morgan fingerprint density at radius 2 is 1.56 bits per heavy atom. The number of carbonyl (C=O) groups is 1. The summed E-state index contributed by atoms with van der Waals surface area (Å²) in [4.78, 5) is 11.2.